The number of hydrogen-bond acceptors (Lipinski definition) is 2. The smallest absolute Gasteiger partial charge is 0.192 e. The van der Waals surface area contributed by atoms with E-state index in [1.807, 2.05) is 6.92 Å². The van der Waals surface area contributed by atoms with Crippen LogP contribution < -0.4 is 0 Å². The Kier molecular flexibility index (Phi) is 15.9. The SMILES string of the molecule is CC#CCC(C)[C@@H](/C=C/[C@@H]1[C@@H](C/C(Br)=C/CCCCO[Si](C)(C)C(C)(C)C)[C@@H](CC)C[C@H]1C)O[Si](C)(C)C(C)(C)C. The first-order valence-electron chi connectivity index (χ1n) is 16.5. The van der Waals surface area contributed by atoms with E-state index in [0.717, 1.165) is 38.2 Å². The van der Waals surface area contributed by atoms with Crippen molar-refractivity contribution in [3.05, 3.63) is 22.7 Å². The van der Waals surface area contributed by atoms with Crippen molar-refractivity contribution in [1.82, 2.24) is 0 Å². The molecule has 1 rings (SSSR count). The largest absolute Gasteiger partial charge is 0.417 e. The van der Waals surface area contributed by atoms with Gasteiger partial charge in [0.25, 0.3) is 0 Å². The van der Waals surface area contributed by atoms with Gasteiger partial charge in [0.2, 0.25) is 0 Å². The van der Waals surface area contributed by atoms with Gasteiger partial charge < -0.3 is 8.85 Å². The van der Waals surface area contributed by atoms with Gasteiger partial charge in [-0.05, 0) is 109 Å². The van der Waals surface area contributed by atoms with Crippen molar-refractivity contribution in [3.8, 4) is 11.8 Å². The summed E-state index contributed by atoms with van der Waals surface area (Å²) in [6.07, 6.45) is 15.6. The fourth-order valence-corrected chi connectivity index (χ4v) is 8.52. The highest BCUT2D eigenvalue weighted by Gasteiger charge is 2.41. The van der Waals surface area contributed by atoms with Gasteiger partial charge in [0.1, 0.15) is 0 Å². The van der Waals surface area contributed by atoms with Crippen LogP contribution in [0.2, 0.25) is 36.3 Å². The zero-order chi connectivity index (χ0) is 31.6. The maximum atomic E-state index is 7.01. The van der Waals surface area contributed by atoms with Crippen LogP contribution in [0.1, 0.15) is 114 Å². The van der Waals surface area contributed by atoms with Gasteiger partial charge in [0.15, 0.2) is 16.6 Å². The van der Waals surface area contributed by atoms with Crippen molar-refractivity contribution in [2.45, 2.75) is 157 Å². The third-order valence-corrected chi connectivity index (χ3v) is 20.2. The van der Waals surface area contributed by atoms with Crippen LogP contribution in [0.4, 0.5) is 0 Å². The molecule has 1 saturated carbocycles. The third-order valence-electron chi connectivity index (χ3n) is 10.5. The minimum Gasteiger partial charge on any atom is -0.417 e. The van der Waals surface area contributed by atoms with Gasteiger partial charge >= 0.3 is 0 Å². The minimum atomic E-state index is -1.90. The molecule has 0 aromatic heterocycles. The summed E-state index contributed by atoms with van der Waals surface area (Å²) in [6, 6.07) is 0. The summed E-state index contributed by atoms with van der Waals surface area (Å²) in [5.74, 6) is 9.55. The monoisotopic (exact) mass is 666 g/mol. The Bertz CT molecular complexity index is 897. The fourth-order valence-electron chi connectivity index (χ4n) is 5.49. The van der Waals surface area contributed by atoms with Gasteiger partial charge in [-0.2, -0.15) is 0 Å². The van der Waals surface area contributed by atoms with Crippen LogP contribution in [0.15, 0.2) is 22.7 Å². The molecule has 238 valence electrons. The Morgan fingerprint density at radius 1 is 1.02 bits per heavy atom. The summed E-state index contributed by atoms with van der Waals surface area (Å²) in [5, 5.41) is 0.478. The second-order valence-electron chi connectivity index (χ2n) is 15.9. The van der Waals surface area contributed by atoms with Crippen LogP contribution in [0.5, 0.6) is 0 Å². The molecule has 1 fully saturated rings. The summed E-state index contributed by atoms with van der Waals surface area (Å²) in [6.45, 7) is 33.4. The molecule has 0 bridgehead atoms. The molecule has 5 heteroatoms. The zero-order valence-electron chi connectivity index (χ0n) is 29.5. The highest BCUT2D eigenvalue weighted by atomic mass is 79.9. The average Bonchev–Trinajstić information content (AvgIpc) is 3.14. The van der Waals surface area contributed by atoms with Crippen molar-refractivity contribution in [2.75, 3.05) is 6.61 Å². The maximum absolute atomic E-state index is 7.01. The van der Waals surface area contributed by atoms with Gasteiger partial charge in [-0.25, -0.2) is 0 Å². The number of halogens is 1. The molecule has 0 aromatic rings. The quantitative estimate of drug-likeness (QED) is 0.0749. The Morgan fingerprint density at radius 2 is 1.63 bits per heavy atom. The van der Waals surface area contributed by atoms with Crippen LogP contribution in [-0.2, 0) is 8.85 Å². The van der Waals surface area contributed by atoms with Gasteiger partial charge in [-0.15, -0.1) is 11.8 Å². The Hall–Kier alpha value is -0.126. The van der Waals surface area contributed by atoms with Gasteiger partial charge in [0, 0.05) is 13.0 Å². The van der Waals surface area contributed by atoms with Crippen LogP contribution in [-0.4, -0.2) is 29.3 Å². The molecule has 0 radical (unpaired) electrons. The summed E-state index contributed by atoms with van der Waals surface area (Å²) < 4.78 is 14.8. The molecule has 1 aliphatic rings. The minimum absolute atomic E-state index is 0.123. The van der Waals surface area contributed by atoms with Gasteiger partial charge in [-0.3, -0.25) is 0 Å². The highest BCUT2D eigenvalue weighted by Crippen LogP contribution is 2.48. The number of allylic oxidation sites excluding steroid dienone is 3. The normalized spacial score (nSPS) is 24.4. The predicted molar refractivity (Wildman–Crippen MR) is 192 cm³/mol. The third kappa shape index (κ3) is 12.4. The summed E-state index contributed by atoms with van der Waals surface area (Å²) in [4.78, 5) is 0. The lowest BCUT2D eigenvalue weighted by Gasteiger charge is -2.40. The van der Waals surface area contributed by atoms with E-state index in [-0.39, 0.29) is 16.2 Å². The van der Waals surface area contributed by atoms with Crippen LogP contribution in [0, 0.1) is 41.4 Å². The zero-order valence-corrected chi connectivity index (χ0v) is 33.1. The second kappa shape index (κ2) is 16.8. The lowest BCUT2D eigenvalue weighted by molar-refractivity contribution is 0.169. The molecular formula is C36H67BrO2Si2. The average molecular weight is 668 g/mol. The van der Waals surface area contributed by atoms with Crippen LogP contribution in [0.3, 0.4) is 0 Å². The van der Waals surface area contributed by atoms with E-state index in [9.17, 15) is 0 Å². The highest BCUT2D eigenvalue weighted by molar-refractivity contribution is 9.11. The molecule has 2 nitrogen and oxygen atoms in total. The van der Waals surface area contributed by atoms with Crippen molar-refractivity contribution in [1.29, 1.82) is 0 Å². The second-order valence-corrected chi connectivity index (χ2v) is 26.5. The Morgan fingerprint density at radius 3 is 2.17 bits per heavy atom. The first-order chi connectivity index (χ1) is 18.8. The van der Waals surface area contributed by atoms with E-state index < -0.39 is 16.6 Å². The molecule has 0 spiro atoms. The molecule has 0 amide bonds. The molecule has 0 saturated heterocycles. The molecule has 6 atom stereocenters. The molecule has 0 N–H and O–H groups in total. The molecular weight excluding hydrogens is 600 g/mol. The van der Waals surface area contributed by atoms with E-state index >= 15 is 0 Å². The van der Waals surface area contributed by atoms with Crippen LogP contribution >= 0.6 is 15.9 Å². The predicted octanol–water partition coefficient (Wildman–Crippen LogP) is 12.1. The lowest BCUT2D eigenvalue weighted by Crippen LogP contribution is -2.45. The van der Waals surface area contributed by atoms with E-state index in [4.69, 9.17) is 8.85 Å². The molecule has 1 unspecified atom stereocenters. The Labute approximate surface area is 267 Å². The first kappa shape index (κ1) is 38.9. The number of unbranched alkanes of at least 4 members (excludes halogenated alkanes) is 2. The van der Waals surface area contributed by atoms with E-state index in [2.05, 4.69) is 135 Å². The number of hydrogen-bond donors (Lipinski definition) is 0. The van der Waals surface area contributed by atoms with Gasteiger partial charge in [-0.1, -0.05) is 103 Å². The maximum Gasteiger partial charge on any atom is 0.192 e. The fraction of sp³-hybridized carbons (Fsp3) is 0.833. The van der Waals surface area contributed by atoms with Gasteiger partial charge in [0.05, 0.1) is 6.10 Å². The summed E-state index contributed by atoms with van der Waals surface area (Å²) in [5.41, 5.74) is 0. The first-order valence-corrected chi connectivity index (χ1v) is 23.1. The molecule has 0 aromatic carbocycles. The molecule has 1 aliphatic carbocycles. The molecule has 0 aliphatic heterocycles. The van der Waals surface area contributed by atoms with Crippen molar-refractivity contribution in [2.24, 2.45) is 29.6 Å². The van der Waals surface area contributed by atoms with Crippen molar-refractivity contribution >= 4 is 32.6 Å². The Balaban J connectivity index is 2.94. The standard InChI is InChI=1S/C36H67BrO2Si2/c1-15-17-21-28(3)34(39-41(13,14)36(8,9)10)24-23-32-29(4)26-30(16-2)33(32)27-31(37)22-19-18-20-25-38-40(11,12)35(5,6)7/h22-24,28-30,32-34H,16,18-21,25-27H2,1-14H3/b24-23+,31-22-/t28?,29-,30+,32+,33+,34-/m1/s1. The van der Waals surface area contributed by atoms with E-state index in [1.54, 1.807) is 0 Å². The van der Waals surface area contributed by atoms with E-state index in [1.165, 1.54) is 23.7 Å². The summed E-state index contributed by atoms with van der Waals surface area (Å²) in [7, 11) is -3.53. The van der Waals surface area contributed by atoms with E-state index in [0.29, 0.717) is 23.7 Å². The van der Waals surface area contributed by atoms with Crippen LogP contribution in [0.25, 0.3) is 0 Å². The summed E-state index contributed by atoms with van der Waals surface area (Å²) >= 11 is 3.99. The van der Waals surface area contributed by atoms with Crippen molar-refractivity contribution < 1.29 is 8.85 Å². The lowest BCUT2D eigenvalue weighted by atomic mass is 9.83. The topological polar surface area (TPSA) is 18.5 Å². The molecule has 0 heterocycles. The number of rotatable bonds is 15. The van der Waals surface area contributed by atoms with Crippen molar-refractivity contribution in [3.63, 3.8) is 0 Å². The molecule has 41 heavy (non-hydrogen) atoms.